The second-order valence-electron chi connectivity index (χ2n) is 8.35. The molecule has 0 spiro atoms. The molecular formula is C26H36N2O3. The molecule has 2 aromatic rings. The van der Waals surface area contributed by atoms with Gasteiger partial charge in [0.2, 0.25) is 0 Å². The summed E-state index contributed by atoms with van der Waals surface area (Å²) >= 11 is 0. The molecule has 0 aliphatic rings. The predicted octanol–water partition coefficient (Wildman–Crippen LogP) is 5.08. The Labute approximate surface area is 187 Å². The summed E-state index contributed by atoms with van der Waals surface area (Å²) in [6, 6.07) is 16.6. The van der Waals surface area contributed by atoms with E-state index in [0.29, 0.717) is 11.5 Å². The maximum atomic E-state index is 10.2. The van der Waals surface area contributed by atoms with Gasteiger partial charge in [-0.2, -0.15) is 5.26 Å². The Bertz CT molecular complexity index is 853. The summed E-state index contributed by atoms with van der Waals surface area (Å²) in [5.41, 5.74) is 1.64. The number of methoxy groups -OCH3 is 3. The third-order valence-electron chi connectivity index (χ3n) is 6.08. The highest BCUT2D eigenvalue weighted by molar-refractivity contribution is 5.45. The molecule has 0 aliphatic heterocycles. The average Bonchev–Trinajstić information content (AvgIpc) is 2.80. The molecule has 0 bridgehead atoms. The topological polar surface area (TPSA) is 54.7 Å². The van der Waals surface area contributed by atoms with Crippen LogP contribution in [0, 0.1) is 17.2 Å². The van der Waals surface area contributed by atoms with Crippen molar-refractivity contribution in [3.05, 3.63) is 53.6 Å². The van der Waals surface area contributed by atoms with Crippen LogP contribution in [0.1, 0.15) is 37.8 Å². The van der Waals surface area contributed by atoms with Gasteiger partial charge in [0, 0.05) is 12.6 Å². The van der Waals surface area contributed by atoms with Gasteiger partial charge in [-0.25, -0.2) is 0 Å². The fourth-order valence-electron chi connectivity index (χ4n) is 3.97. The second-order valence-corrected chi connectivity index (χ2v) is 8.35. The van der Waals surface area contributed by atoms with Crippen molar-refractivity contribution < 1.29 is 14.2 Å². The van der Waals surface area contributed by atoms with Crippen LogP contribution < -0.4 is 14.2 Å². The minimum absolute atomic E-state index is 0.163. The van der Waals surface area contributed by atoms with E-state index in [0.717, 1.165) is 43.7 Å². The molecule has 2 aromatic carbocycles. The first kappa shape index (κ1) is 24.6. The third kappa shape index (κ3) is 6.38. The molecule has 0 fully saturated rings. The van der Waals surface area contributed by atoms with Gasteiger partial charge in [-0.05, 0) is 74.2 Å². The second kappa shape index (κ2) is 11.6. The van der Waals surface area contributed by atoms with Gasteiger partial charge in [-0.3, -0.25) is 0 Å². The zero-order valence-corrected chi connectivity index (χ0v) is 19.8. The molecule has 0 aromatic heterocycles. The van der Waals surface area contributed by atoms with Crippen LogP contribution in [0.5, 0.6) is 17.2 Å². The number of likely N-dealkylation sites (N-methyl/N-ethyl adjacent to an activating group) is 1. The molecule has 2 rings (SSSR count). The molecule has 0 aliphatic carbocycles. The van der Waals surface area contributed by atoms with E-state index >= 15 is 0 Å². The van der Waals surface area contributed by atoms with Crippen molar-refractivity contribution in [2.75, 3.05) is 41.5 Å². The van der Waals surface area contributed by atoms with Crippen molar-refractivity contribution in [2.45, 2.75) is 38.5 Å². The van der Waals surface area contributed by atoms with Crippen molar-refractivity contribution in [1.82, 2.24) is 4.90 Å². The highest BCUT2D eigenvalue weighted by Gasteiger charge is 2.36. The normalized spacial score (nSPS) is 13.0. The summed E-state index contributed by atoms with van der Waals surface area (Å²) in [6.07, 6.45) is 2.68. The number of hydrogen-bond acceptors (Lipinski definition) is 5. The minimum Gasteiger partial charge on any atom is -0.497 e. The van der Waals surface area contributed by atoms with E-state index in [2.05, 4.69) is 44.0 Å². The lowest BCUT2D eigenvalue weighted by Crippen LogP contribution is -2.32. The van der Waals surface area contributed by atoms with Crippen molar-refractivity contribution in [1.29, 1.82) is 5.26 Å². The quantitative estimate of drug-likeness (QED) is 0.475. The summed E-state index contributed by atoms with van der Waals surface area (Å²) in [4.78, 5) is 2.33. The maximum Gasteiger partial charge on any atom is 0.122 e. The lowest BCUT2D eigenvalue weighted by molar-refractivity contribution is 0.292. The van der Waals surface area contributed by atoms with E-state index in [-0.39, 0.29) is 5.92 Å². The number of nitriles is 1. The number of nitrogens with zero attached hydrogens (tertiary/aromatic N) is 2. The molecule has 5 nitrogen and oxygen atoms in total. The van der Waals surface area contributed by atoms with Gasteiger partial charge < -0.3 is 19.1 Å². The smallest absolute Gasteiger partial charge is 0.122 e. The Hall–Kier alpha value is -2.71. The summed E-state index contributed by atoms with van der Waals surface area (Å²) in [5, 5.41) is 10.2. The van der Waals surface area contributed by atoms with Crippen molar-refractivity contribution in [3.8, 4) is 23.3 Å². The van der Waals surface area contributed by atoms with Gasteiger partial charge >= 0.3 is 0 Å². The van der Waals surface area contributed by atoms with Crippen molar-refractivity contribution >= 4 is 0 Å². The van der Waals surface area contributed by atoms with Crippen molar-refractivity contribution in [2.24, 2.45) is 5.92 Å². The fourth-order valence-corrected chi connectivity index (χ4v) is 3.97. The molecule has 0 heterocycles. The first-order valence-electron chi connectivity index (χ1n) is 10.8. The number of hydrogen-bond donors (Lipinski definition) is 0. The van der Waals surface area contributed by atoms with Gasteiger partial charge in [-0.15, -0.1) is 0 Å². The van der Waals surface area contributed by atoms with E-state index in [9.17, 15) is 5.26 Å². The van der Waals surface area contributed by atoms with Crippen molar-refractivity contribution in [3.63, 3.8) is 0 Å². The molecular weight excluding hydrogens is 388 g/mol. The highest BCUT2D eigenvalue weighted by atomic mass is 16.5. The summed E-state index contributed by atoms with van der Waals surface area (Å²) in [7, 11) is 7.11. The van der Waals surface area contributed by atoms with Crippen LogP contribution in [-0.4, -0.2) is 46.4 Å². The number of benzene rings is 2. The van der Waals surface area contributed by atoms with Crippen LogP contribution >= 0.6 is 0 Å². The molecule has 1 atom stereocenters. The Morgan fingerprint density at radius 2 is 1.58 bits per heavy atom. The summed E-state index contributed by atoms with van der Waals surface area (Å²) in [5.74, 6) is 2.48. The van der Waals surface area contributed by atoms with E-state index in [1.807, 2.05) is 30.3 Å². The molecule has 31 heavy (non-hydrogen) atoms. The van der Waals surface area contributed by atoms with Crippen LogP contribution in [0.4, 0.5) is 0 Å². The largest absolute Gasteiger partial charge is 0.497 e. The molecule has 0 saturated carbocycles. The zero-order valence-electron chi connectivity index (χ0n) is 19.8. The van der Waals surface area contributed by atoms with E-state index in [4.69, 9.17) is 14.2 Å². The van der Waals surface area contributed by atoms with Crippen LogP contribution in [0.25, 0.3) is 0 Å². The average molecular weight is 425 g/mol. The molecule has 0 amide bonds. The van der Waals surface area contributed by atoms with Crippen LogP contribution in [0.15, 0.2) is 42.5 Å². The molecule has 5 heteroatoms. The Morgan fingerprint density at radius 1 is 0.935 bits per heavy atom. The Morgan fingerprint density at radius 3 is 2.13 bits per heavy atom. The molecule has 0 saturated heterocycles. The fraction of sp³-hybridized carbons (Fsp3) is 0.500. The SMILES string of the molecule is COc1cccc(CCN(C)CCCC(C#N)(c2cc(OC)cc(OC)c2)C(C)C)c1. The van der Waals surface area contributed by atoms with Gasteiger partial charge in [0.05, 0.1) is 32.8 Å². The van der Waals surface area contributed by atoms with Gasteiger partial charge in [0.25, 0.3) is 0 Å². The number of rotatable bonds is 12. The molecule has 0 radical (unpaired) electrons. The third-order valence-corrected chi connectivity index (χ3v) is 6.08. The van der Waals surface area contributed by atoms with Gasteiger partial charge in [0.1, 0.15) is 17.2 Å². The molecule has 0 N–H and O–H groups in total. The number of ether oxygens (including phenoxy) is 3. The predicted molar refractivity (Wildman–Crippen MR) is 125 cm³/mol. The van der Waals surface area contributed by atoms with Gasteiger partial charge in [0.15, 0.2) is 0 Å². The van der Waals surface area contributed by atoms with Gasteiger partial charge in [-0.1, -0.05) is 26.0 Å². The summed E-state index contributed by atoms with van der Waals surface area (Å²) in [6.45, 7) is 6.12. The molecule has 168 valence electrons. The monoisotopic (exact) mass is 424 g/mol. The van der Waals surface area contributed by atoms with E-state index in [1.54, 1.807) is 21.3 Å². The minimum atomic E-state index is -0.588. The standard InChI is InChI=1S/C26H36N2O3/c1-20(2)26(19-27,22-16-24(30-5)18-25(17-22)31-6)12-8-13-28(3)14-11-21-9-7-10-23(15-21)29-4/h7,9-10,15-18,20H,8,11-14H2,1-6H3. The highest BCUT2D eigenvalue weighted by Crippen LogP contribution is 2.40. The zero-order chi connectivity index (χ0) is 22.9. The van der Waals surface area contributed by atoms with E-state index < -0.39 is 5.41 Å². The first-order chi connectivity index (χ1) is 14.9. The Balaban J connectivity index is 2.04. The lowest BCUT2D eigenvalue weighted by Gasteiger charge is -2.32. The van der Waals surface area contributed by atoms with Crippen LogP contribution in [0.3, 0.4) is 0 Å². The molecule has 1 unspecified atom stereocenters. The summed E-state index contributed by atoms with van der Waals surface area (Å²) < 4.78 is 16.2. The first-order valence-corrected chi connectivity index (χ1v) is 10.8. The maximum absolute atomic E-state index is 10.2. The van der Waals surface area contributed by atoms with Crippen LogP contribution in [-0.2, 0) is 11.8 Å². The van der Waals surface area contributed by atoms with Crippen LogP contribution in [0.2, 0.25) is 0 Å². The lowest BCUT2D eigenvalue weighted by atomic mass is 9.69. The van der Waals surface area contributed by atoms with E-state index in [1.165, 1.54) is 5.56 Å². The Kier molecular flexibility index (Phi) is 9.21.